The molecule has 16 heteroatoms. The number of nitrogens with two attached hydrogens (primary N) is 1. The first-order valence-corrected chi connectivity index (χ1v) is 16.7. The highest BCUT2D eigenvalue weighted by molar-refractivity contribution is 7.23. The van der Waals surface area contributed by atoms with Crippen LogP contribution in [0.25, 0.3) is 32.1 Å². The lowest BCUT2D eigenvalue weighted by molar-refractivity contribution is -0.137. The zero-order valence-corrected chi connectivity index (χ0v) is 28.1. The maximum Gasteiger partial charge on any atom is 0.417 e. The van der Waals surface area contributed by atoms with Gasteiger partial charge in [0.15, 0.2) is 5.82 Å². The van der Waals surface area contributed by atoms with Crippen LogP contribution in [0, 0.1) is 23.0 Å². The second kappa shape index (κ2) is 13.3. The highest BCUT2D eigenvalue weighted by Gasteiger charge is 2.41. The minimum Gasteiger partial charge on any atom is -0.462 e. The fourth-order valence-electron chi connectivity index (χ4n) is 7.16. The monoisotopic (exact) mass is 717 g/mol. The number of carbonyl (C=O) groups is 1. The largest absolute Gasteiger partial charge is 0.462 e. The number of aromatic nitrogens is 2. The van der Waals surface area contributed by atoms with Crippen molar-refractivity contribution in [3.05, 3.63) is 53.6 Å². The number of nitrogen functional groups attached to an aromatic ring is 1. The van der Waals surface area contributed by atoms with Gasteiger partial charge in [0.25, 0.3) is 0 Å². The molecule has 2 aromatic heterocycles. The van der Waals surface area contributed by atoms with Gasteiger partial charge in [-0.3, -0.25) is 9.69 Å². The number of halogens is 6. The van der Waals surface area contributed by atoms with Crippen LogP contribution >= 0.6 is 11.3 Å². The lowest BCUT2D eigenvalue weighted by Gasteiger charge is -2.34. The van der Waals surface area contributed by atoms with E-state index in [1.807, 2.05) is 6.07 Å². The first kappa shape index (κ1) is 35.2. The Morgan fingerprint density at radius 2 is 2.04 bits per heavy atom. The standard InChI is InChI=1S/C34H33F6N7O2S/c1-5-25(48)47-10-9-24(16(47)3)46(6-2)32-20-12-22(34(38,39)40)27(19-7-8-23(36)30-26(19)21(13-41)31(42)50-30)28(37)29(20)43-33(44-32)49-15-18-11-17(35)14-45(18)4/h5,7-8,12,16-18,24H,1,6,9-11,14-15,42H2,2-4H3. The van der Waals surface area contributed by atoms with Crippen LogP contribution in [-0.2, 0) is 11.0 Å². The number of carbonyl (C=O) groups excluding carboxylic acids is 1. The van der Waals surface area contributed by atoms with E-state index < -0.39 is 58.3 Å². The molecule has 50 heavy (non-hydrogen) atoms. The van der Waals surface area contributed by atoms with E-state index in [2.05, 4.69) is 16.5 Å². The van der Waals surface area contributed by atoms with Crippen LogP contribution in [0.2, 0.25) is 0 Å². The van der Waals surface area contributed by atoms with Gasteiger partial charge in [-0.25, -0.2) is 13.2 Å². The van der Waals surface area contributed by atoms with Crippen LogP contribution in [-0.4, -0.2) is 83.3 Å². The quantitative estimate of drug-likeness (QED) is 0.159. The Labute approximate surface area is 287 Å². The predicted molar refractivity (Wildman–Crippen MR) is 179 cm³/mol. The number of rotatable bonds is 8. The number of likely N-dealkylation sites (tertiary alicyclic amines) is 2. The van der Waals surface area contributed by atoms with Gasteiger partial charge < -0.3 is 20.3 Å². The number of alkyl halides is 4. The van der Waals surface area contributed by atoms with E-state index >= 15 is 17.6 Å². The number of anilines is 2. The summed E-state index contributed by atoms with van der Waals surface area (Å²) in [6.07, 6.45) is -4.44. The van der Waals surface area contributed by atoms with Gasteiger partial charge in [0.1, 0.15) is 41.0 Å². The Balaban J connectivity index is 1.61. The maximum absolute atomic E-state index is 17.1. The van der Waals surface area contributed by atoms with Crippen molar-refractivity contribution in [2.75, 3.05) is 43.9 Å². The number of amides is 1. The molecule has 2 aliphatic rings. The number of fused-ring (bicyclic) bond motifs is 2. The summed E-state index contributed by atoms with van der Waals surface area (Å²) in [6.45, 7) is 7.75. The minimum absolute atomic E-state index is 0.0573. The van der Waals surface area contributed by atoms with Gasteiger partial charge in [-0.1, -0.05) is 12.6 Å². The molecule has 0 bridgehead atoms. The summed E-state index contributed by atoms with van der Waals surface area (Å²) in [5, 5.41) is 9.15. The molecule has 2 aliphatic heterocycles. The normalized spacial score (nSPS) is 21.2. The van der Waals surface area contributed by atoms with Crippen molar-refractivity contribution < 1.29 is 35.9 Å². The highest BCUT2D eigenvalue weighted by Crippen LogP contribution is 2.48. The number of hydrogen-bond donors (Lipinski definition) is 1. The van der Waals surface area contributed by atoms with E-state index in [-0.39, 0.29) is 75.9 Å². The van der Waals surface area contributed by atoms with Gasteiger partial charge in [0, 0.05) is 48.1 Å². The summed E-state index contributed by atoms with van der Waals surface area (Å²) in [6, 6.07) is 2.86. The second-order valence-electron chi connectivity index (χ2n) is 12.4. The topological polar surface area (TPSA) is 112 Å². The Morgan fingerprint density at radius 3 is 2.66 bits per heavy atom. The molecule has 9 nitrogen and oxygen atoms in total. The summed E-state index contributed by atoms with van der Waals surface area (Å²) in [7, 11) is 1.72. The Kier molecular flexibility index (Phi) is 9.33. The van der Waals surface area contributed by atoms with Crippen LogP contribution in [0.3, 0.4) is 0 Å². The molecule has 2 saturated heterocycles. The van der Waals surface area contributed by atoms with E-state index in [1.54, 1.807) is 35.6 Å². The fraction of sp³-hybridized carbons (Fsp3) is 0.412. The highest BCUT2D eigenvalue weighted by atomic mass is 32.1. The third-order valence-electron chi connectivity index (χ3n) is 9.62. The molecule has 0 aliphatic carbocycles. The van der Waals surface area contributed by atoms with Crippen molar-refractivity contribution >= 4 is 49.1 Å². The molecule has 1 amide bonds. The molecule has 0 radical (unpaired) electrons. The zero-order valence-electron chi connectivity index (χ0n) is 27.3. The van der Waals surface area contributed by atoms with Crippen LogP contribution in [0.4, 0.5) is 37.2 Å². The van der Waals surface area contributed by atoms with Crippen molar-refractivity contribution in [1.29, 1.82) is 5.26 Å². The molecule has 2 aromatic carbocycles. The summed E-state index contributed by atoms with van der Waals surface area (Å²) >= 11 is 0.670. The van der Waals surface area contributed by atoms with Crippen molar-refractivity contribution in [3.8, 4) is 23.2 Å². The van der Waals surface area contributed by atoms with E-state index in [0.29, 0.717) is 24.3 Å². The summed E-state index contributed by atoms with van der Waals surface area (Å²) in [5.74, 6) is -2.60. The minimum atomic E-state index is -5.13. The van der Waals surface area contributed by atoms with Crippen molar-refractivity contribution in [2.24, 2.45) is 0 Å². The molecular formula is C34H33F6N7O2S. The van der Waals surface area contributed by atoms with Crippen LogP contribution in [0.1, 0.15) is 37.8 Å². The van der Waals surface area contributed by atoms with E-state index in [9.17, 15) is 18.8 Å². The third-order valence-corrected chi connectivity index (χ3v) is 10.6. The molecule has 0 saturated carbocycles. The maximum atomic E-state index is 17.1. The molecule has 2 N–H and O–H groups in total. The predicted octanol–water partition coefficient (Wildman–Crippen LogP) is 6.69. The number of hydrogen-bond acceptors (Lipinski definition) is 9. The zero-order chi connectivity index (χ0) is 36.2. The number of ether oxygens (including phenoxy) is 1. The molecule has 264 valence electrons. The van der Waals surface area contributed by atoms with Crippen molar-refractivity contribution in [3.63, 3.8) is 0 Å². The number of nitriles is 1. The Bertz CT molecular complexity index is 2050. The van der Waals surface area contributed by atoms with Crippen LogP contribution < -0.4 is 15.4 Å². The van der Waals surface area contributed by atoms with Gasteiger partial charge in [-0.15, -0.1) is 11.3 Å². The van der Waals surface area contributed by atoms with Gasteiger partial charge in [-0.2, -0.15) is 28.4 Å². The van der Waals surface area contributed by atoms with Gasteiger partial charge >= 0.3 is 12.2 Å². The van der Waals surface area contributed by atoms with Crippen molar-refractivity contribution in [1.82, 2.24) is 19.8 Å². The van der Waals surface area contributed by atoms with Crippen molar-refractivity contribution in [2.45, 2.75) is 57.2 Å². The summed E-state index contributed by atoms with van der Waals surface area (Å²) < 4.78 is 96.8. The summed E-state index contributed by atoms with van der Waals surface area (Å²) in [4.78, 5) is 26.4. The van der Waals surface area contributed by atoms with Gasteiger partial charge in [0.2, 0.25) is 5.91 Å². The molecule has 4 heterocycles. The van der Waals surface area contributed by atoms with Gasteiger partial charge in [0.05, 0.1) is 21.9 Å². The van der Waals surface area contributed by atoms with Crippen LogP contribution in [0.5, 0.6) is 6.01 Å². The lowest BCUT2D eigenvalue weighted by atomic mass is 9.92. The first-order chi connectivity index (χ1) is 23.7. The van der Waals surface area contributed by atoms with E-state index in [4.69, 9.17) is 10.5 Å². The molecule has 2 fully saturated rings. The molecule has 4 aromatic rings. The summed E-state index contributed by atoms with van der Waals surface area (Å²) in [5.41, 5.74) is 2.41. The molecule has 4 atom stereocenters. The Hall–Kier alpha value is -4.62. The SMILES string of the molecule is C=CC(=O)N1CCC(N(CC)c2nc(OCC3CC(F)CN3C)nc3c(F)c(-c4ccc(F)c5sc(N)c(C#N)c45)c(C(F)(F)F)cc23)C1C. The number of nitrogens with zero attached hydrogens (tertiary/aromatic N) is 6. The molecule has 6 rings (SSSR count). The smallest absolute Gasteiger partial charge is 0.417 e. The number of likely N-dealkylation sites (N-methyl/N-ethyl adjacent to an activating group) is 2. The number of benzene rings is 2. The van der Waals surface area contributed by atoms with Gasteiger partial charge in [-0.05, 0) is 57.5 Å². The first-order valence-electron chi connectivity index (χ1n) is 15.9. The third kappa shape index (κ3) is 5.96. The molecule has 4 unspecified atom stereocenters. The molecular weight excluding hydrogens is 684 g/mol. The number of thiophene rings is 1. The lowest BCUT2D eigenvalue weighted by Crippen LogP contribution is -2.45. The average molecular weight is 718 g/mol. The second-order valence-corrected chi connectivity index (χ2v) is 13.5. The van der Waals surface area contributed by atoms with E-state index in [0.717, 1.165) is 18.2 Å². The van der Waals surface area contributed by atoms with E-state index in [1.165, 1.54) is 6.08 Å². The average Bonchev–Trinajstić information content (AvgIpc) is 3.73. The van der Waals surface area contributed by atoms with Crippen LogP contribution in [0.15, 0.2) is 30.9 Å². The fourth-order valence-corrected chi connectivity index (χ4v) is 8.11. The Morgan fingerprint density at radius 1 is 1.30 bits per heavy atom. The molecule has 0 spiro atoms.